The van der Waals surface area contributed by atoms with Gasteiger partial charge in [-0.3, -0.25) is 14.9 Å². The van der Waals surface area contributed by atoms with Crippen molar-refractivity contribution in [1.29, 1.82) is 0 Å². The van der Waals surface area contributed by atoms with Crippen molar-refractivity contribution in [2.75, 3.05) is 19.0 Å². The van der Waals surface area contributed by atoms with Gasteiger partial charge in [-0.15, -0.1) is 0 Å². The van der Waals surface area contributed by atoms with Crippen molar-refractivity contribution in [3.63, 3.8) is 0 Å². The van der Waals surface area contributed by atoms with E-state index in [0.29, 0.717) is 0 Å². The lowest BCUT2D eigenvalue weighted by atomic mass is 10.1. The molecule has 0 saturated carbocycles. The zero-order valence-electron chi connectivity index (χ0n) is 14.2. The van der Waals surface area contributed by atoms with Gasteiger partial charge >= 0.3 is 0 Å². The number of methoxy groups -OCH3 is 1. The first-order valence-corrected chi connectivity index (χ1v) is 7.72. The van der Waals surface area contributed by atoms with E-state index in [0.717, 1.165) is 12.1 Å². The highest BCUT2D eigenvalue weighted by Gasteiger charge is 2.18. The number of quaternary nitrogens is 1. The number of hydrogen-bond donors (Lipinski definition) is 2. The topological polar surface area (TPSA) is 98.1 Å². The maximum Gasteiger partial charge on any atom is 0.279 e. The third-order valence-corrected chi connectivity index (χ3v) is 3.78. The summed E-state index contributed by atoms with van der Waals surface area (Å²) < 4.78 is 31.7. The molecule has 3 N–H and O–H groups in total. The van der Waals surface area contributed by atoms with E-state index in [1.807, 2.05) is 0 Å². The van der Waals surface area contributed by atoms with E-state index in [4.69, 9.17) is 4.74 Å². The molecule has 1 atom stereocenters. The van der Waals surface area contributed by atoms with Crippen molar-refractivity contribution >= 4 is 17.3 Å². The van der Waals surface area contributed by atoms with Crippen LogP contribution in [0, 0.1) is 21.7 Å². The third-order valence-electron chi connectivity index (χ3n) is 3.78. The molecule has 1 amide bonds. The van der Waals surface area contributed by atoms with E-state index in [9.17, 15) is 23.7 Å². The van der Waals surface area contributed by atoms with Crippen molar-refractivity contribution < 1.29 is 28.6 Å². The molecule has 0 aliphatic rings. The molecular weight excluding hydrogens is 348 g/mol. The predicted molar refractivity (Wildman–Crippen MR) is 89.8 cm³/mol. The second kappa shape index (κ2) is 8.34. The second-order valence-electron chi connectivity index (χ2n) is 5.58. The number of nitrogens with one attached hydrogen (secondary N) is 1. The normalized spacial score (nSPS) is 11.7. The Morgan fingerprint density at radius 3 is 2.65 bits per heavy atom. The highest BCUT2D eigenvalue weighted by atomic mass is 19.1. The van der Waals surface area contributed by atoms with E-state index >= 15 is 0 Å². The van der Waals surface area contributed by atoms with Crippen LogP contribution in [0.2, 0.25) is 0 Å². The van der Waals surface area contributed by atoms with Gasteiger partial charge in [0.25, 0.3) is 11.6 Å². The number of nitro groups is 1. The third kappa shape index (κ3) is 4.73. The van der Waals surface area contributed by atoms with Gasteiger partial charge in [-0.05, 0) is 25.1 Å². The van der Waals surface area contributed by atoms with Crippen LogP contribution in [-0.4, -0.2) is 24.5 Å². The average Bonchev–Trinajstić information content (AvgIpc) is 2.59. The summed E-state index contributed by atoms with van der Waals surface area (Å²) in [6.07, 6.45) is 0. The number of ether oxygens (including phenoxy) is 1. The maximum atomic E-state index is 13.7. The smallest absolute Gasteiger partial charge is 0.279 e. The lowest BCUT2D eigenvalue weighted by Crippen LogP contribution is -2.86. The molecular formula is C17H18F2N3O4+. The Morgan fingerprint density at radius 2 is 2.04 bits per heavy atom. The number of rotatable bonds is 7. The monoisotopic (exact) mass is 366 g/mol. The second-order valence-corrected chi connectivity index (χ2v) is 5.58. The van der Waals surface area contributed by atoms with Gasteiger partial charge < -0.3 is 15.4 Å². The first-order valence-electron chi connectivity index (χ1n) is 7.72. The summed E-state index contributed by atoms with van der Waals surface area (Å²) in [6.45, 7) is 1.66. The Balaban J connectivity index is 1.99. The van der Waals surface area contributed by atoms with Crippen LogP contribution in [0.25, 0.3) is 0 Å². The number of nitro benzene ring substituents is 1. The number of amides is 1. The molecule has 0 radical (unpaired) electrons. The van der Waals surface area contributed by atoms with Crippen LogP contribution in [0.3, 0.4) is 0 Å². The van der Waals surface area contributed by atoms with Gasteiger partial charge in [0.1, 0.15) is 23.4 Å². The molecule has 0 saturated heterocycles. The van der Waals surface area contributed by atoms with Crippen molar-refractivity contribution in [2.24, 2.45) is 0 Å². The molecule has 0 fully saturated rings. The predicted octanol–water partition coefficient (Wildman–Crippen LogP) is 2.14. The number of non-ortho nitro benzene ring substituents is 1. The summed E-state index contributed by atoms with van der Waals surface area (Å²) in [5, 5.41) is 14.9. The lowest BCUT2D eigenvalue weighted by Gasteiger charge is -2.13. The number of carbonyl (C=O) groups is 1. The molecule has 9 heteroatoms. The van der Waals surface area contributed by atoms with Crippen LogP contribution in [0.1, 0.15) is 18.5 Å². The molecule has 0 aromatic heterocycles. The molecule has 0 heterocycles. The molecule has 2 rings (SSSR count). The van der Waals surface area contributed by atoms with E-state index in [2.05, 4.69) is 5.32 Å². The fraction of sp³-hybridized carbons (Fsp3) is 0.235. The number of nitrogens with zero attached hydrogens (tertiary/aromatic N) is 1. The van der Waals surface area contributed by atoms with E-state index in [1.54, 1.807) is 12.2 Å². The number of nitrogens with two attached hydrogens (primary N) is 1. The Kier molecular flexibility index (Phi) is 6.18. The standard InChI is InChI=1S/C17H17F2N3O4/c1-10(13-5-3-11(18)7-14(13)19)20-9-17(23)21-15-6-4-12(22(24)25)8-16(15)26-2/h3-8,10,20H,9H2,1-2H3,(H,21,23)/p+1/t10-/m0/s1. The van der Waals surface area contributed by atoms with Gasteiger partial charge in [0.05, 0.1) is 23.8 Å². The van der Waals surface area contributed by atoms with Gasteiger partial charge in [0.15, 0.2) is 6.54 Å². The lowest BCUT2D eigenvalue weighted by molar-refractivity contribution is -0.682. The molecule has 0 bridgehead atoms. The highest BCUT2D eigenvalue weighted by molar-refractivity contribution is 5.93. The molecule has 0 aliphatic carbocycles. The summed E-state index contributed by atoms with van der Waals surface area (Å²) in [7, 11) is 1.33. The van der Waals surface area contributed by atoms with Crippen molar-refractivity contribution in [3.8, 4) is 5.75 Å². The van der Waals surface area contributed by atoms with Crippen LogP contribution in [0.15, 0.2) is 36.4 Å². The van der Waals surface area contributed by atoms with Crippen LogP contribution < -0.4 is 15.4 Å². The Morgan fingerprint density at radius 1 is 1.31 bits per heavy atom. The van der Waals surface area contributed by atoms with Gasteiger partial charge in [-0.1, -0.05) is 0 Å². The van der Waals surface area contributed by atoms with Crippen LogP contribution in [-0.2, 0) is 4.79 Å². The largest absolute Gasteiger partial charge is 0.494 e. The first kappa shape index (κ1) is 19.3. The quantitative estimate of drug-likeness (QED) is 0.579. The summed E-state index contributed by atoms with van der Waals surface area (Å²) in [6, 6.07) is 6.71. The molecule has 2 aromatic rings. The Bertz CT molecular complexity index is 830. The summed E-state index contributed by atoms with van der Waals surface area (Å²) in [4.78, 5) is 22.3. The fourth-order valence-electron chi connectivity index (χ4n) is 2.38. The first-order chi connectivity index (χ1) is 12.3. The molecule has 2 aromatic carbocycles. The molecule has 138 valence electrons. The number of halogens is 2. The number of hydrogen-bond acceptors (Lipinski definition) is 4. The molecule has 7 nitrogen and oxygen atoms in total. The number of anilines is 1. The number of carbonyl (C=O) groups excluding carboxylic acids is 1. The Labute approximate surface area is 148 Å². The van der Waals surface area contributed by atoms with Crippen molar-refractivity contribution in [2.45, 2.75) is 13.0 Å². The van der Waals surface area contributed by atoms with E-state index in [1.165, 1.54) is 31.4 Å². The van der Waals surface area contributed by atoms with Gasteiger partial charge in [-0.2, -0.15) is 0 Å². The van der Waals surface area contributed by atoms with Gasteiger partial charge in [-0.25, -0.2) is 8.78 Å². The molecule has 0 spiro atoms. The minimum absolute atomic E-state index is 0.0296. The summed E-state index contributed by atoms with van der Waals surface area (Å²) >= 11 is 0. The zero-order chi connectivity index (χ0) is 19.3. The minimum Gasteiger partial charge on any atom is -0.494 e. The summed E-state index contributed by atoms with van der Waals surface area (Å²) in [5.74, 6) is -1.58. The molecule has 26 heavy (non-hydrogen) atoms. The fourth-order valence-corrected chi connectivity index (χ4v) is 2.38. The Hall–Kier alpha value is -3.07. The van der Waals surface area contributed by atoms with Crippen molar-refractivity contribution in [3.05, 3.63) is 63.7 Å². The van der Waals surface area contributed by atoms with Gasteiger partial charge in [0.2, 0.25) is 0 Å². The molecule has 0 unspecified atom stereocenters. The summed E-state index contributed by atoms with van der Waals surface area (Å²) in [5.41, 5.74) is 0.413. The average molecular weight is 366 g/mol. The maximum absolute atomic E-state index is 13.7. The van der Waals surface area contributed by atoms with Gasteiger partial charge in [0, 0.05) is 17.7 Å². The zero-order valence-corrected chi connectivity index (χ0v) is 14.2. The highest BCUT2D eigenvalue weighted by Crippen LogP contribution is 2.28. The van der Waals surface area contributed by atoms with E-state index in [-0.39, 0.29) is 29.2 Å². The van der Waals surface area contributed by atoms with E-state index < -0.39 is 28.5 Å². The molecule has 0 aliphatic heterocycles. The van der Waals surface area contributed by atoms with Crippen LogP contribution in [0.4, 0.5) is 20.2 Å². The van der Waals surface area contributed by atoms with Crippen molar-refractivity contribution in [1.82, 2.24) is 0 Å². The van der Waals surface area contributed by atoms with Crippen LogP contribution >= 0.6 is 0 Å². The SMILES string of the molecule is COc1cc([N+](=O)[O-])ccc1NC(=O)C[NH2+][C@@H](C)c1ccc(F)cc1F. The van der Waals surface area contributed by atoms with Crippen LogP contribution in [0.5, 0.6) is 5.75 Å². The number of benzene rings is 2. The minimum atomic E-state index is -0.675.